The molecule has 2 heterocycles. The first-order valence-corrected chi connectivity index (χ1v) is 8.31. The zero-order valence-electron chi connectivity index (χ0n) is 12.7. The van der Waals surface area contributed by atoms with Gasteiger partial charge in [-0.25, -0.2) is 9.97 Å². The van der Waals surface area contributed by atoms with Crippen LogP contribution in [0.3, 0.4) is 0 Å². The van der Waals surface area contributed by atoms with Crippen molar-refractivity contribution in [2.24, 2.45) is 0 Å². The van der Waals surface area contributed by atoms with Crippen LogP contribution in [0, 0.1) is 0 Å². The van der Waals surface area contributed by atoms with Crippen LogP contribution in [0.5, 0.6) is 5.75 Å². The summed E-state index contributed by atoms with van der Waals surface area (Å²) in [6.45, 7) is 5.14. The highest BCUT2D eigenvalue weighted by Gasteiger charge is 2.18. The molecular formula is C16H18Cl2N4O. The van der Waals surface area contributed by atoms with Crippen molar-refractivity contribution in [3.63, 3.8) is 0 Å². The lowest BCUT2D eigenvalue weighted by Crippen LogP contribution is -2.48. The molecule has 1 aromatic heterocycles. The summed E-state index contributed by atoms with van der Waals surface area (Å²) in [6, 6.07) is 7.20. The van der Waals surface area contributed by atoms with Crippen molar-refractivity contribution in [3.05, 3.63) is 46.7 Å². The second kappa shape index (κ2) is 7.81. The van der Waals surface area contributed by atoms with Crippen molar-refractivity contribution >= 4 is 29.2 Å². The summed E-state index contributed by atoms with van der Waals surface area (Å²) < 4.78 is 5.74. The average Bonchev–Trinajstić information content (AvgIpc) is 2.59. The molecule has 1 fully saturated rings. The van der Waals surface area contributed by atoms with E-state index < -0.39 is 0 Å². The fourth-order valence-electron chi connectivity index (χ4n) is 2.52. The quantitative estimate of drug-likeness (QED) is 0.827. The van der Waals surface area contributed by atoms with E-state index in [-0.39, 0.29) is 0 Å². The smallest absolute Gasteiger partial charge is 0.225 e. The molecular weight excluding hydrogens is 335 g/mol. The Morgan fingerprint density at radius 3 is 2.26 bits per heavy atom. The molecule has 0 saturated carbocycles. The Kier molecular flexibility index (Phi) is 5.54. The maximum Gasteiger partial charge on any atom is 0.225 e. The minimum absolute atomic E-state index is 0.545. The fraction of sp³-hybridized carbons (Fsp3) is 0.375. The lowest BCUT2D eigenvalue weighted by Gasteiger charge is -2.34. The number of anilines is 1. The number of hydrogen-bond donors (Lipinski definition) is 0. The maximum atomic E-state index is 6.09. The van der Waals surface area contributed by atoms with E-state index in [1.807, 2.05) is 12.1 Å². The lowest BCUT2D eigenvalue weighted by atomic mass is 10.3. The van der Waals surface area contributed by atoms with Gasteiger partial charge in [-0.2, -0.15) is 0 Å². The molecule has 122 valence electrons. The van der Waals surface area contributed by atoms with Crippen molar-refractivity contribution in [2.75, 3.05) is 44.2 Å². The maximum absolute atomic E-state index is 6.09. The number of benzene rings is 1. The van der Waals surface area contributed by atoms with Crippen LogP contribution in [0.1, 0.15) is 0 Å². The number of piperazine rings is 1. The molecule has 23 heavy (non-hydrogen) atoms. The first-order chi connectivity index (χ1) is 11.2. The van der Waals surface area contributed by atoms with Crippen LogP contribution in [0.4, 0.5) is 5.95 Å². The van der Waals surface area contributed by atoms with E-state index in [1.54, 1.807) is 24.5 Å². The van der Waals surface area contributed by atoms with Gasteiger partial charge in [0, 0.05) is 45.1 Å². The number of ether oxygens (including phenoxy) is 1. The van der Waals surface area contributed by atoms with Crippen LogP contribution in [-0.2, 0) is 0 Å². The van der Waals surface area contributed by atoms with Crippen LogP contribution in [0.2, 0.25) is 10.0 Å². The first kappa shape index (κ1) is 16.3. The highest BCUT2D eigenvalue weighted by atomic mass is 35.5. The monoisotopic (exact) mass is 352 g/mol. The van der Waals surface area contributed by atoms with Crippen LogP contribution in [-0.4, -0.2) is 54.2 Å². The molecule has 0 spiro atoms. The Hall–Kier alpha value is -1.56. The van der Waals surface area contributed by atoms with Gasteiger partial charge in [-0.1, -0.05) is 29.3 Å². The molecule has 0 radical (unpaired) electrons. The Bertz CT molecular complexity index is 613. The molecule has 0 atom stereocenters. The summed E-state index contributed by atoms with van der Waals surface area (Å²) >= 11 is 12.2. The molecule has 1 aliphatic heterocycles. The van der Waals surface area contributed by atoms with E-state index in [1.165, 1.54) is 0 Å². The second-order valence-corrected chi connectivity index (χ2v) is 6.09. The predicted octanol–water partition coefficient (Wildman–Crippen LogP) is 2.98. The highest BCUT2D eigenvalue weighted by Crippen LogP contribution is 2.32. The number of para-hydroxylation sites is 1. The molecule has 3 rings (SSSR count). The standard InChI is InChI=1S/C16H18Cl2N4O/c17-13-3-1-4-14(18)15(13)23-12-11-21-7-9-22(10-8-21)16-19-5-2-6-20-16/h1-6H,7-12H2. The summed E-state index contributed by atoms with van der Waals surface area (Å²) in [5.41, 5.74) is 0. The van der Waals surface area contributed by atoms with Gasteiger partial charge in [-0.15, -0.1) is 0 Å². The zero-order chi connectivity index (χ0) is 16.1. The number of hydrogen-bond acceptors (Lipinski definition) is 5. The Labute approximate surface area is 145 Å². The molecule has 1 saturated heterocycles. The average molecular weight is 353 g/mol. The van der Waals surface area contributed by atoms with Gasteiger partial charge in [-0.05, 0) is 18.2 Å². The van der Waals surface area contributed by atoms with E-state index in [9.17, 15) is 0 Å². The van der Waals surface area contributed by atoms with Gasteiger partial charge < -0.3 is 9.64 Å². The molecule has 0 aliphatic carbocycles. The molecule has 0 unspecified atom stereocenters. The summed E-state index contributed by atoms with van der Waals surface area (Å²) in [4.78, 5) is 13.1. The first-order valence-electron chi connectivity index (χ1n) is 7.55. The van der Waals surface area contributed by atoms with Crippen molar-refractivity contribution in [3.8, 4) is 5.75 Å². The molecule has 1 aromatic carbocycles. The molecule has 7 heteroatoms. The third-order valence-electron chi connectivity index (χ3n) is 3.78. The van der Waals surface area contributed by atoms with Gasteiger partial charge in [0.2, 0.25) is 5.95 Å². The summed E-state index contributed by atoms with van der Waals surface area (Å²) in [5.74, 6) is 1.36. The van der Waals surface area contributed by atoms with E-state index in [0.717, 1.165) is 38.7 Å². The van der Waals surface area contributed by atoms with Crippen LogP contribution >= 0.6 is 23.2 Å². The molecule has 1 aliphatic rings. The second-order valence-electron chi connectivity index (χ2n) is 5.28. The molecule has 5 nitrogen and oxygen atoms in total. The predicted molar refractivity (Wildman–Crippen MR) is 92.6 cm³/mol. The van der Waals surface area contributed by atoms with E-state index in [0.29, 0.717) is 22.4 Å². The molecule has 2 aromatic rings. The molecule has 0 N–H and O–H groups in total. The van der Waals surface area contributed by atoms with Crippen molar-refractivity contribution in [2.45, 2.75) is 0 Å². The Balaban J connectivity index is 1.45. The van der Waals surface area contributed by atoms with Crippen LogP contribution in [0.15, 0.2) is 36.7 Å². The summed E-state index contributed by atoms with van der Waals surface area (Å²) in [5, 5.41) is 1.09. The van der Waals surface area contributed by atoms with Crippen molar-refractivity contribution in [1.29, 1.82) is 0 Å². The van der Waals surface area contributed by atoms with Gasteiger partial charge in [0.25, 0.3) is 0 Å². The molecule has 0 bridgehead atoms. The summed E-state index contributed by atoms with van der Waals surface area (Å²) in [6.07, 6.45) is 3.55. The largest absolute Gasteiger partial charge is 0.489 e. The normalized spacial score (nSPS) is 15.7. The number of nitrogens with zero attached hydrogens (tertiary/aromatic N) is 4. The number of halogens is 2. The van der Waals surface area contributed by atoms with Crippen LogP contribution < -0.4 is 9.64 Å². The van der Waals surface area contributed by atoms with Crippen molar-refractivity contribution in [1.82, 2.24) is 14.9 Å². The van der Waals surface area contributed by atoms with Gasteiger partial charge in [0.05, 0.1) is 10.0 Å². The minimum Gasteiger partial charge on any atom is -0.489 e. The fourth-order valence-corrected chi connectivity index (χ4v) is 3.03. The topological polar surface area (TPSA) is 41.5 Å². The van der Waals surface area contributed by atoms with Gasteiger partial charge in [-0.3, -0.25) is 4.90 Å². The van der Waals surface area contributed by atoms with Crippen LogP contribution in [0.25, 0.3) is 0 Å². The Morgan fingerprint density at radius 1 is 0.957 bits per heavy atom. The number of aromatic nitrogens is 2. The third kappa shape index (κ3) is 4.25. The van der Waals surface area contributed by atoms with Crippen molar-refractivity contribution < 1.29 is 4.74 Å². The minimum atomic E-state index is 0.545. The Morgan fingerprint density at radius 2 is 1.61 bits per heavy atom. The van der Waals surface area contributed by atoms with E-state index in [4.69, 9.17) is 27.9 Å². The van der Waals surface area contributed by atoms with E-state index >= 15 is 0 Å². The van der Waals surface area contributed by atoms with Gasteiger partial charge >= 0.3 is 0 Å². The summed E-state index contributed by atoms with van der Waals surface area (Å²) in [7, 11) is 0. The SMILES string of the molecule is Clc1cccc(Cl)c1OCCN1CCN(c2ncccn2)CC1. The third-order valence-corrected chi connectivity index (χ3v) is 4.38. The number of rotatable bonds is 5. The highest BCUT2D eigenvalue weighted by molar-refractivity contribution is 6.37. The van der Waals surface area contributed by atoms with E-state index in [2.05, 4.69) is 19.8 Å². The van der Waals surface area contributed by atoms with Gasteiger partial charge in [0.15, 0.2) is 5.75 Å². The molecule has 0 amide bonds. The van der Waals surface area contributed by atoms with Gasteiger partial charge in [0.1, 0.15) is 6.61 Å². The zero-order valence-corrected chi connectivity index (χ0v) is 14.2. The lowest BCUT2D eigenvalue weighted by molar-refractivity contribution is 0.200.